The number of para-hydroxylation sites is 2. The van der Waals surface area contributed by atoms with Gasteiger partial charge >= 0.3 is 0 Å². The molecule has 1 aliphatic heterocycles. The number of nitrogens with one attached hydrogen (secondary N) is 3. The second-order valence-electron chi connectivity index (χ2n) is 8.06. The highest BCUT2D eigenvalue weighted by atomic mass is 16.7. The summed E-state index contributed by atoms with van der Waals surface area (Å²) < 4.78 is 15.9. The summed E-state index contributed by atoms with van der Waals surface area (Å²) in [5.41, 5.74) is 2.97. The van der Waals surface area contributed by atoms with Crippen LogP contribution in [0.25, 0.3) is 17.1 Å². The highest BCUT2D eigenvalue weighted by Gasteiger charge is 2.17. The van der Waals surface area contributed by atoms with Crippen molar-refractivity contribution in [2.45, 2.75) is 6.42 Å². The van der Waals surface area contributed by atoms with Gasteiger partial charge in [0.25, 0.3) is 11.8 Å². The molecule has 182 valence electrons. The maximum atomic E-state index is 13.1. The van der Waals surface area contributed by atoms with E-state index in [1.165, 1.54) is 0 Å². The molecule has 0 radical (unpaired) electrons. The topological polar surface area (TPSA) is 115 Å². The molecule has 1 aliphatic rings. The Kier molecular flexibility index (Phi) is 6.53. The fourth-order valence-electron chi connectivity index (χ4n) is 3.78. The number of carbonyl (C=O) groups is 2. The van der Waals surface area contributed by atoms with Crippen LogP contribution >= 0.6 is 0 Å². The Morgan fingerprint density at radius 1 is 1.06 bits per heavy atom. The summed E-state index contributed by atoms with van der Waals surface area (Å²) in [6, 6.07) is 19.7. The molecule has 0 saturated carbocycles. The molecule has 0 bridgehead atoms. The Morgan fingerprint density at radius 3 is 2.67 bits per heavy atom. The summed E-state index contributed by atoms with van der Waals surface area (Å²) in [7, 11) is 1.55. The molecule has 0 spiro atoms. The lowest BCUT2D eigenvalue weighted by Crippen LogP contribution is -2.35. The second-order valence-corrected chi connectivity index (χ2v) is 8.06. The molecule has 5 rings (SSSR count). The number of fused-ring (bicyclic) bond motifs is 2. The van der Waals surface area contributed by atoms with E-state index in [0.29, 0.717) is 41.3 Å². The number of nitrogens with zero attached hydrogens (tertiary/aromatic N) is 1. The Hall–Kier alpha value is -4.79. The standard InChI is InChI=1S/C27H24N4O5/c1-34-19-9-7-18(8-10-19)26(32)31-22(14-17-6-11-23-24(15-17)36-16-35-23)27(33)28-13-12-25-29-20-4-2-3-5-21(20)30-25/h2-11,14-15H,12-13,16H2,1H3,(H,28,33)(H,29,30)(H,31,32)/b22-14-. The minimum Gasteiger partial charge on any atom is -0.497 e. The normalized spacial score (nSPS) is 12.4. The van der Waals surface area contributed by atoms with Crippen LogP contribution in [-0.4, -0.2) is 42.2 Å². The molecule has 3 N–H and O–H groups in total. The number of hydrogen-bond acceptors (Lipinski definition) is 6. The number of imidazole rings is 1. The van der Waals surface area contributed by atoms with Gasteiger partial charge in [-0.25, -0.2) is 4.98 Å². The first-order chi connectivity index (χ1) is 17.6. The number of aromatic nitrogens is 2. The fourth-order valence-corrected chi connectivity index (χ4v) is 3.78. The molecular formula is C27H24N4O5. The van der Waals surface area contributed by atoms with Gasteiger partial charge in [-0.3, -0.25) is 9.59 Å². The number of benzene rings is 3. The third kappa shape index (κ3) is 5.15. The molecule has 2 heterocycles. The van der Waals surface area contributed by atoms with Gasteiger partial charge in [0.15, 0.2) is 11.5 Å². The van der Waals surface area contributed by atoms with Gasteiger partial charge in [-0.2, -0.15) is 0 Å². The SMILES string of the molecule is COc1ccc(C(=O)N/C(=C\c2ccc3c(c2)OCO3)C(=O)NCCc2nc3ccccc3[nH]2)cc1. The van der Waals surface area contributed by atoms with E-state index in [0.717, 1.165) is 16.9 Å². The van der Waals surface area contributed by atoms with Crippen LogP contribution in [0.4, 0.5) is 0 Å². The number of rotatable bonds is 8. The van der Waals surface area contributed by atoms with Gasteiger partial charge in [0.1, 0.15) is 17.3 Å². The quantitative estimate of drug-likeness (QED) is 0.330. The van der Waals surface area contributed by atoms with Gasteiger partial charge in [0.2, 0.25) is 6.79 Å². The van der Waals surface area contributed by atoms with Crippen molar-refractivity contribution in [3.63, 3.8) is 0 Å². The average Bonchev–Trinajstić information content (AvgIpc) is 3.54. The summed E-state index contributed by atoms with van der Waals surface area (Å²) >= 11 is 0. The largest absolute Gasteiger partial charge is 0.497 e. The summed E-state index contributed by atoms with van der Waals surface area (Å²) in [4.78, 5) is 33.8. The Bertz CT molecular complexity index is 1410. The summed E-state index contributed by atoms with van der Waals surface area (Å²) in [6.07, 6.45) is 2.10. The van der Waals surface area contributed by atoms with E-state index in [1.807, 2.05) is 24.3 Å². The third-order valence-electron chi connectivity index (χ3n) is 5.64. The zero-order chi connectivity index (χ0) is 24.9. The Labute approximate surface area is 207 Å². The molecule has 2 amide bonds. The first-order valence-electron chi connectivity index (χ1n) is 11.4. The van der Waals surface area contributed by atoms with Crippen molar-refractivity contribution in [1.82, 2.24) is 20.6 Å². The lowest BCUT2D eigenvalue weighted by Gasteiger charge is -2.11. The zero-order valence-corrected chi connectivity index (χ0v) is 19.5. The van der Waals surface area contributed by atoms with Crippen LogP contribution < -0.4 is 24.8 Å². The molecule has 1 aromatic heterocycles. The van der Waals surface area contributed by atoms with E-state index in [2.05, 4.69) is 20.6 Å². The van der Waals surface area contributed by atoms with Crippen LogP contribution in [0.15, 0.2) is 72.4 Å². The van der Waals surface area contributed by atoms with E-state index in [1.54, 1.807) is 55.7 Å². The van der Waals surface area contributed by atoms with Gasteiger partial charge in [-0.05, 0) is 60.2 Å². The number of H-pyrrole nitrogens is 1. The van der Waals surface area contributed by atoms with E-state index in [-0.39, 0.29) is 12.5 Å². The second kappa shape index (κ2) is 10.2. The Morgan fingerprint density at radius 2 is 1.86 bits per heavy atom. The van der Waals surface area contributed by atoms with Crippen LogP contribution in [-0.2, 0) is 11.2 Å². The molecule has 0 fully saturated rings. The van der Waals surface area contributed by atoms with Gasteiger partial charge < -0.3 is 29.8 Å². The molecule has 0 unspecified atom stereocenters. The third-order valence-corrected chi connectivity index (χ3v) is 5.64. The first kappa shape index (κ1) is 23.0. The summed E-state index contributed by atoms with van der Waals surface area (Å²) in [6.45, 7) is 0.474. The van der Waals surface area contributed by atoms with Gasteiger partial charge in [0, 0.05) is 18.5 Å². The van der Waals surface area contributed by atoms with Gasteiger partial charge in [-0.1, -0.05) is 18.2 Å². The van der Waals surface area contributed by atoms with Crippen molar-refractivity contribution in [2.75, 3.05) is 20.4 Å². The zero-order valence-electron chi connectivity index (χ0n) is 19.5. The number of amides is 2. The average molecular weight is 485 g/mol. The smallest absolute Gasteiger partial charge is 0.267 e. The van der Waals surface area contributed by atoms with Crippen LogP contribution in [0.5, 0.6) is 17.2 Å². The fraction of sp³-hybridized carbons (Fsp3) is 0.148. The molecule has 36 heavy (non-hydrogen) atoms. The first-order valence-corrected chi connectivity index (χ1v) is 11.4. The monoisotopic (exact) mass is 484 g/mol. The van der Waals surface area contributed by atoms with Crippen LogP contribution in [0.2, 0.25) is 0 Å². The lowest BCUT2D eigenvalue weighted by molar-refractivity contribution is -0.117. The number of hydrogen-bond donors (Lipinski definition) is 3. The molecular weight excluding hydrogens is 460 g/mol. The molecule has 0 atom stereocenters. The summed E-state index contributed by atoms with van der Waals surface area (Å²) in [5, 5.41) is 5.60. The molecule has 9 nitrogen and oxygen atoms in total. The molecule has 3 aromatic carbocycles. The molecule has 0 aliphatic carbocycles. The van der Waals surface area contributed by atoms with Crippen molar-refractivity contribution in [2.24, 2.45) is 0 Å². The summed E-state index contributed by atoms with van der Waals surface area (Å²) in [5.74, 6) is 1.76. The number of methoxy groups -OCH3 is 1. The van der Waals surface area contributed by atoms with Gasteiger partial charge in [0.05, 0.1) is 18.1 Å². The van der Waals surface area contributed by atoms with Crippen molar-refractivity contribution in [1.29, 1.82) is 0 Å². The predicted molar refractivity (Wildman–Crippen MR) is 134 cm³/mol. The number of ether oxygens (including phenoxy) is 3. The number of carbonyl (C=O) groups excluding carboxylic acids is 2. The van der Waals surface area contributed by atoms with E-state index < -0.39 is 11.8 Å². The van der Waals surface area contributed by atoms with Crippen molar-refractivity contribution in [3.05, 3.63) is 89.4 Å². The van der Waals surface area contributed by atoms with Crippen LogP contribution in [0.1, 0.15) is 21.7 Å². The van der Waals surface area contributed by atoms with Crippen molar-refractivity contribution < 1.29 is 23.8 Å². The number of aromatic amines is 1. The van der Waals surface area contributed by atoms with Crippen LogP contribution in [0, 0.1) is 0 Å². The van der Waals surface area contributed by atoms with Crippen molar-refractivity contribution >= 4 is 28.9 Å². The van der Waals surface area contributed by atoms with Gasteiger partial charge in [-0.15, -0.1) is 0 Å². The molecule has 4 aromatic rings. The maximum absolute atomic E-state index is 13.1. The van der Waals surface area contributed by atoms with E-state index in [9.17, 15) is 9.59 Å². The lowest BCUT2D eigenvalue weighted by atomic mass is 10.1. The highest BCUT2D eigenvalue weighted by Crippen LogP contribution is 2.33. The minimum atomic E-state index is -0.425. The maximum Gasteiger partial charge on any atom is 0.267 e. The highest BCUT2D eigenvalue weighted by molar-refractivity contribution is 6.05. The molecule has 9 heteroatoms. The minimum absolute atomic E-state index is 0.0966. The van der Waals surface area contributed by atoms with Crippen molar-refractivity contribution in [3.8, 4) is 17.2 Å². The molecule has 0 saturated heterocycles. The van der Waals surface area contributed by atoms with E-state index >= 15 is 0 Å². The van der Waals surface area contributed by atoms with Crippen LogP contribution in [0.3, 0.4) is 0 Å². The van der Waals surface area contributed by atoms with E-state index in [4.69, 9.17) is 14.2 Å². The predicted octanol–water partition coefficient (Wildman–Crippen LogP) is 3.43. The Balaban J connectivity index is 1.32.